The van der Waals surface area contributed by atoms with Gasteiger partial charge in [-0.3, -0.25) is 4.52 Å². The van der Waals surface area contributed by atoms with Gasteiger partial charge in [0.25, 0.3) is 0 Å². The maximum Gasteiger partial charge on any atom is 0.406 e. The van der Waals surface area contributed by atoms with Gasteiger partial charge >= 0.3 is 7.75 Å². The van der Waals surface area contributed by atoms with Gasteiger partial charge in [0, 0.05) is 40.6 Å². The number of benzene rings is 2. The summed E-state index contributed by atoms with van der Waals surface area (Å²) in [7, 11) is -3.87. The molecule has 166 valence electrons. The van der Waals surface area contributed by atoms with Crippen molar-refractivity contribution in [1.82, 2.24) is 4.67 Å². The first-order valence-electron chi connectivity index (χ1n) is 11.2. The average molecular weight is 442 g/mol. The second kappa shape index (κ2) is 8.56. The van der Waals surface area contributed by atoms with Crippen LogP contribution in [0, 0.1) is 11.3 Å². The Bertz CT molecular complexity index is 1030. The Labute approximate surface area is 185 Å². The first-order valence-corrected chi connectivity index (χ1v) is 12.8. The van der Waals surface area contributed by atoms with E-state index in [4.69, 9.17) is 4.52 Å². The fraction of sp³-hybridized carbons (Fsp3) is 0.542. The first-order chi connectivity index (χ1) is 14.7. The van der Waals surface area contributed by atoms with Gasteiger partial charge in [-0.2, -0.15) is 5.26 Å². The molecule has 0 amide bonds. The second-order valence-electron chi connectivity index (χ2n) is 9.34. The molecule has 31 heavy (non-hydrogen) atoms. The van der Waals surface area contributed by atoms with E-state index in [1.54, 1.807) is 4.67 Å². The lowest BCUT2D eigenvalue weighted by molar-refractivity contribution is 0.0941. The summed E-state index contributed by atoms with van der Waals surface area (Å²) < 4.78 is 20.6. The van der Waals surface area contributed by atoms with Crippen LogP contribution in [0.15, 0.2) is 36.4 Å². The highest BCUT2D eigenvalue weighted by molar-refractivity contribution is 7.50. The molecule has 0 radical (unpaired) electrons. The molecule has 0 spiro atoms. The maximum atomic E-state index is 13.1. The van der Waals surface area contributed by atoms with Gasteiger partial charge in [-0.05, 0) is 65.5 Å². The van der Waals surface area contributed by atoms with Crippen LogP contribution < -0.4 is 4.90 Å². The standard InChI is InChI=1S/C24H32N3O3P/c1-16(2)27(17(3)4)31(28,29)30-21-13-19-10-11-20(14-21)26(19)24-12-9-18(15-25)22-7-5-6-8-23(22)24/h5-9,12,16-17,19-21H,10-11,13-14H2,1-4H3,(H,28,29)/t19-,20+,21+. The Morgan fingerprint density at radius 3 is 2.19 bits per heavy atom. The van der Waals surface area contributed by atoms with E-state index in [-0.39, 0.29) is 30.3 Å². The molecular weight excluding hydrogens is 409 g/mol. The predicted molar refractivity (Wildman–Crippen MR) is 124 cm³/mol. The van der Waals surface area contributed by atoms with E-state index in [0.717, 1.165) is 42.1 Å². The van der Waals surface area contributed by atoms with Crippen LogP contribution in [-0.4, -0.2) is 39.8 Å². The molecule has 2 aromatic rings. The van der Waals surface area contributed by atoms with Crippen LogP contribution in [0.1, 0.15) is 58.9 Å². The van der Waals surface area contributed by atoms with Crippen molar-refractivity contribution in [1.29, 1.82) is 5.26 Å². The SMILES string of the molecule is CC(C)N(C(C)C)P(=O)(O)O[C@H]1C[C@H]2CC[C@@H](C1)N2c1ccc(C#N)c2ccccc12. The normalized spacial score (nSPS) is 25.4. The van der Waals surface area contributed by atoms with Crippen LogP contribution >= 0.6 is 7.75 Å². The van der Waals surface area contributed by atoms with E-state index in [1.807, 2.05) is 52.0 Å². The van der Waals surface area contributed by atoms with Gasteiger partial charge in [0.1, 0.15) is 0 Å². The molecule has 2 fully saturated rings. The third kappa shape index (κ3) is 4.13. The lowest BCUT2D eigenvalue weighted by Gasteiger charge is -2.42. The van der Waals surface area contributed by atoms with Crippen molar-refractivity contribution in [2.45, 2.75) is 83.6 Å². The number of nitriles is 1. The summed E-state index contributed by atoms with van der Waals surface area (Å²) in [5, 5.41) is 11.6. The molecule has 2 saturated heterocycles. The third-order valence-electron chi connectivity index (χ3n) is 6.63. The van der Waals surface area contributed by atoms with Gasteiger partial charge in [0.2, 0.25) is 0 Å². The molecule has 4 rings (SSSR count). The second-order valence-corrected chi connectivity index (χ2v) is 11.0. The monoisotopic (exact) mass is 441 g/mol. The van der Waals surface area contributed by atoms with Gasteiger partial charge in [0.05, 0.1) is 17.7 Å². The van der Waals surface area contributed by atoms with Crippen molar-refractivity contribution in [2.75, 3.05) is 4.90 Å². The quantitative estimate of drug-likeness (QED) is 0.601. The van der Waals surface area contributed by atoms with Crippen molar-refractivity contribution < 1.29 is 14.0 Å². The average Bonchev–Trinajstić information content (AvgIpc) is 2.95. The lowest BCUT2D eigenvalue weighted by Crippen LogP contribution is -2.46. The Hall–Kier alpha value is -1.90. The summed E-state index contributed by atoms with van der Waals surface area (Å²) in [5.41, 5.74) is 1.84. The molecule has 4 atom stereocenters. The van der Waals surface area contributed by atoms with Crippen LogP contribution in [0.2, 0.25) is 0 Å². The molecule has 1 N–H and O–H groups in total. The molecule has 2 aromatic carbocycles. The molecular formula is C24H32N3O3P. The third-order valence-corrected chi connectivity index (χ3v) is 8.71. The molecule has 0 aromatic heterocycles. The minimum absolute atomic E-state index is 0.0716. The van der Waals surface area contributed by atoms with Crippen LogP contribution in [0.3, 0.4) is 0 Å². The number of nitrogens with zero attached hydrogens (tertiary/aromatic N) is 3. The number of fused-ring (bicyclic) bond motifs is 3. The summed E-state index contributed by atoms with van der Waals surface area (Å²) >= 11 is 0. The minimum Gasteiger partial charge on any atom is -0.365 e. The maximum absolute atomic E-state index is 13.1. The Balaban J connectivity index is 1.58. The fourth-order valence-electron chi connectivity index (χ4n) is 5.64. The molecule has 2 aliphatic rings. The smallest absolute Gasteiger partial charge is 0.365 e. The van der Waals surface area contributed by atoms with Gasteiger partial charge < -0.3 is 9.79 Å². The number of piperidine rings is 1. The van der Waals surface area contributed by atoms with Crippen LogP contribution in [0.25, 0.3) is 10.8 Å². The largest absolute Gasteiger partial charge is 0.406 e. The number of anilines is 1. The fourth-order valence-corrected chi connectivity index (χ4v) is 7.48. The van der Waals surface area contributed by atoms with E-state index in [1.165, 1.54) is 0 Å². The van der Waals surface area contributed by atoms with Gasteiger partial charge in [0.15, 0.2) is 0 Å². The Morgan fingerprint density at radius 2 is 1.65 bits per heavy atom. The summed E-state index contributed by atoms with van der Waals surface area (Å²) in [6, 6.07) is 14.7. The molecule has 2 heterocycles. The summed E-state index contributed by atoms with van der Waals surface area (Å²) in [6.07, 6.45) is 3.34. The zero-order chi connectivity index (χ0) is 22.3. The topological polar surface area (TPSA) is 76.8 Å². The van der Waals surface area contributed by atoms with E-state index < -0.39 is 7.75 Å². The van der Waals surface area contributed by atoms with Crippen molar-refractivity contribution in [3.05, 3.63) is 42.0 Å². The predicted octanol–water partition coefficient (Wildman–Crippen LogP) is 5.45. The van der Waals surface area contributed by atoms with Crippen molar-refractivity contribution in [3.63, 3.8) is 0 Å². The number of hydrogen-bond acceptors (Lipinski definition) is 4. The minimum atomic E-state index is -3.87. The summed E-state index contributed by atoms with van der Waals surface area (Å²) in [4.78, 5) is 13.2. The first kappa shape index (κ1) is 22.3. The van der Waals surface area contributed by atoms with Crippen LogP contribution in [0.4, 0.5) is 5.69 Å². The molecule has 7 heteroatoms. The molecule has 6 nitrogen and oxygen atoms in total. The van der Waals surface area contributed by atoms with Crippen molar-refractivity contribution in [3.8, 4) is 6.07 Å². The van der Waals surface area contributed by atoms with Crippen LogP contribution in [-0.2, 0) is 9.09 Å². The van der Waals surface area contributed by atoms with Gasteiger partial charge in [-0.25, -0.2) is 9.24 Å². The number of hydrogen-bond donors (Lipinski definition) is 1. The highest BCUT2D eigenvalue weighted by Gasteiger charge is 2.45. The summed E-state index contributed by atoms with van der Waals surface area (Å²) in [6.45, 7) is 7.70. The Kier molecular flexibility index (Phi) is 6.16. The highest BCUT2D eigenvalue weighted by Crippen LogP contribution is 2.53. The molecule has 2 bridgehead atoms. The van der Waals surface area contributed by atoms with E-state index >= 15 is 0 Å². The highest BCUT2D eigenvalue weighted by atomic mass is 31.2. The lowest BCUT2D eigenvalue weighted by atomic mass is 9.96. The van der Waals surface area contributed by atoms with Gasteiger partial charge in [-0.15, -0.1) is 0 Å². The van der Waals surface area contributed by atoms with Crippen LogP contribution in [0.5, 0.6) is 0 Å². The zero-order valence-electron chi connectivity index (χ0n) is 18.7. The van der Waals surface area contributed by atoms with E-state index in [2.05, 4.69) is 23.1 Å². The van der Waals surface area contributed by atoms with E-state index in [9.17, 15) is 14.7 Å². The van der Waals surface area contributed by atoms with Crippen molar-refractivity contribution in [2.24, 2.45) is 0 Å². The van der Waals surface area contributed by atoms with E-state index in [0.29, 0.717) is 5.56 Å². The molecule has 2 aliphatic heterocycles. The summed E-state index contributed by atoms with van der Waals surface area (Å²) in [5.74, 6) is 0. The zero-order valence-corrected chi connectivity index (χ0v) is 19.6. The van der Waals surface area contributed by atoms with Crippen molar-refractivity contribution >= 4 is 24.2 Å². The van der Waals surface area contributed by atoms with Gasteiger partial charge in [-0.1, -0.05) is 24.3 Å². The number of rotatable bonds is 6. The molecule has 0 saturated carbocycles. The molecule has 1 unspecified atom stereocenters. The molecule has 0 aliphatic carbocycles. The Morgan fingerprint density at radius 1 is 1.06 bits per heavy atom.